The van der Waals surface area contributed by atoms with Crippen LogP contribution < -0.4 is 4.74 Å². The van der Waals surface area contributed by atoms with Gasteiger partial charge in [-0.1, -0.05) is 43.3 Å². The predicted octanol–water partition coefficient (Wildman–Crippen LogP) is 5.27. The summed E-state index contributed by atoms with van der Waals surface area (Å²) in [6, 6.07) is 16.0. The number of aryl methyl sites for hydroxylation is 1. The second-order valence-corrected chi connectivity index (χ2v) is 7.05. The predicted molar refractivity (Wildman–Crippen MR) is 105 cm³/mol. The van der Waals surface area contributed by atoms with Gasteiger partial charge in [0.15, 0.2) is 5.60 Å². The number of hydrogen-bond acceptors (Lipinski definition) is 2. The molecule has 0 spiro atoms. The first-order valence-electron chi connectivity index (χ1n) is 8.96. The van der Waals surface area contributed by atoms with Gasteiger partial charge in [0.1, 0.15) is 5.75 Å². The Balaban J connectivity index is 2.31. The van der Waals surface area contributed by atoms with Crippen molar-refractivity contribution in [2.45, 2.75) is 46.3 Å². The first-order valence-corrected chi connectivity index (χ1v) is 8.96. The van der Waals surface area contributed by atoms with Crippen LogP contribution in [0.4, 0.5) is 0 Å². The fourth-order valence-corrected chi connectivity index (χ4v) is 3.37. The number of fused-ring (bicyclic) bond motifs is 1. The Kier molecular flexibility index (Phi) is 4.77. The summed E-state index contributed by atoms with van der Waals surface area (Å²) >= 11 is 0. The van der Waals surface area contributed by atoms with Gasteiger partial charge in [-0.3, -0.25) is 0 Å². The summed E-state index contributed by atoms with van der Waals surface area (Å²) in [6.45, 7) is 8.32. The van der Waals surface area contributed by atoms with Crippen molar-refractivity contribution >= 4 is 16.9 Å². The molecule has 4 nitrogen and oxygen atoms in total. The van der Waals surface area contributed by atoms with Gasteiger partial charge in [0.05, 0.1) is 5.52 Å². The Morgan fingerprint density at radius 2 is 1.81 bits per heavy atom. The first kappa shape index (κ1) is 18.1. The molecule has 1 aromatic heterocycles. The summed E-state index contributed by atoms with van der Waals surface area (Å²) in [4.78, 5) is 11.6. The van der Waals surface area contributed by atoms with Crippen molar-refractivity contribution in [3.63, 3.8) is 0 Å². The molecule has 0 amide bonds. The molecule has 0 unspecified atom stereocenters. The van der Waals surface area contributed by atoms with Crippen LogP contribution in [0.5, 0.6) is 5.75 Å². The van der Waals surface area contributed by atoms with Crippen LogP contribution >= 0.6 is 0 Å². The fourth-order valence-electron chi connectivity index (χ4n) is 3.37. The number of carboxylic acid groups (broad SMARTS) is 1. The summed E-state index contributed by atoms with van der Waals surface area (Å²) in [7, 11) is 0. The van der Waals surface area contributed by atoms with Crippen molar-refractivity contribution in [1.82, 2.24) is 4.57 Å². The quantitative estimate of drug-likeness (QED) is 0.658. The Labute approximate surface area is 154 Å². The summed E-state index contributed by atoms with van der Waals surface area (Å²) in [5.41, 5.74) is 3.14. The highest BCUT2D eigenvalue weighted by atomic mass is 16.5. The molecule has 1 N–H and O–H groups in total. The molecule has 3 aromatic rings. The van der Waals surface area contributed by atoms with Gasteiger partial charge in [0.2, 0.25) is 0 Å². The molecule has 0 aliphatic rings. The van der Waals surface area contributed by atoms with E-state index in [2.05, 4.69) is 36.6 Å². The minimum absolute atomic E-state index is 0.603. The van der Waals surface area contributed by atoms with E-state index < -0.39 is 11.6 Å². The molecule has 26 heavy (non-hydrogen) atoms. The SMILES string of the molecule is CCCn1c(C)c(-c2ccccc2)c2c(OC(C)(C)C(=O)O)cccc21. The van der Waals surface area contributed by atoms with Crippen LogP contribution in [0.15, 0.2) is 48.5 Å². The zero-order chi connectivity index (χ0) is 18.9. The molecule has 0 saturated heterocycles. The van der Waals surface area contributed by atoms with E-state index >= 15 is 0 Å². The number of rotatable bonds is 6. The lowest BCUT2D eigenvalue weighted by Crippen LogP contribution is -2.37. The second-order valence-electron chi connectivity index (χ2n) is 7.05. The van der Waals surface area contributed by atoms with Crippen LogP contribution in [-0.4, -0.2) is 21.2 Å². The molecular formula is C22H25NO3. The molecule has 3 rings (SSSR count). The average Bonchev–Trinajstić information content (AvgIpc) is 2.89. The molecule has 4 heteroatoms. The second kappa shape index (κ2) is 6.87. The third-order valence-corrected chi connectivity index (χ3v) is 4.70. The Morgan fingerprint density at radius 3 is 2.42 bits per heavy atom. The maximum absolute atomic E-state index is 11.6. The number of benzene rings is 2. The third kappa shape index (κ3) is 3.07. The van der Waals surface area contributed by atoms with Crippen LogP contribution in [0.25, 0.3) is 22.0 Å². The van der Waals surface area contributed by atoms with Gasteiger partial charge in [-0.15, -0.1) is 0 Å². The lowest BCUT2D eigenvalue weighted by Gasteiger charge is -2.22. The minimum Gasteiger partial charge on any atom is -0.478 e. The van der Waals surface area contributed by atoms with Gasteiger partial charge in [-0.2, -0.15) is 0 Å². The highest BCUT2D eigenvalue weighted by Crippen LogP contribution is 2.41. The highest BCUT2D eigenvalue weighted by Gasteiger charge is 2.31. The number of aromatic nitrogens is 1. The van der Waals surface area contributed by atoms with Crippen molar-refractivity contribution in [2.24, 2.45) is 0 Å². The molecule has 1 heterocycles. The van der Waals surface area contributed by atoms with Crippen LogP contribution in [-0.2, 0) is 11.3 Å². The lowest BCUT2D eigenvalue weighted by molar-refractivity contribution is -0.152. The summed E-state index contributed by atoms with van der Waals surface area (Å²) in [6.07, 6.45) is 1.02. The minimum atomic E-state index is -1.30. The van der Waals surface area contributed by atoms with E-state index in [4.69, 9.17) is 4.74 Å². The monoisotopic (exact) mass is 351 g/mol. The zero-order valence-corrected chi connectivity index (χ0v) is 15.7. The molecule has 0 bridgehead atoms. The maximum Gasteiger partial charge on any atom is 0.347 e. The lowest BCUT2D eigenvalue weighted by atomic mass is 10.0. The van der Waals surface area contributed by atoms with E-state index in [9.17, 15) is 9.90 Å². The van der Waals surface area contributed by atoms with E-state index in [1.54, 1.807) is 13.8 Å². The van der Waals surface area contributed by atoms with Crippen molar-refractivity contribution in [3.8, 4) is 16.9 Å². The molecule has 0 atom stereocenters. The van der Waals surface area contributed by atoms with Crippen LogP contribution in [0.2, 0.25) is 0 Å². The summed E-state index contributed by atoms with van der Waals surface area (Å²) in [5, 5.41) is 10.4. The zero-order valence-electron chi connectivity index (χ0n) is 15.7. The molecule has 0 saturated carbocycles. The standard InChI is InChI=1S/C22H25NO3/c1-5-14-23-15(2)19(16-10-7-6-8-11-16)20-17(23)12-9-13-18(20)26-22(3,4)21(24)25/h6-13H,5,14H2,1-4H3,(H,24,25). The number of carboxylic acids is 1. The summed E-state index contributed by atoms with van der Waals surface area (Å²) in [5.74, 6) is -0.382. The fraction of sp³-hybridized carbons (Fsp3) is 0.318. The molecule has 0 fully saturated rings. The molecule has 0 aliphatic heterocycles. The summed E-state index contributed by atoms with van der Waals surface area (Å²) < 4.78 is 8.26. The number of aliphatic carboxylic acids is 1. The molecule has 2 aromatic carbocycles. The van der Waals surface area contributed by atoms with Crippen molar-refractivity contribution in [1.29, 1.82) is 0 Å². The van der Waals surface area contributed by atoms with Crippen molar-refractivity contribution in [3.05, 3.63) is 54.2 Å². The van der Waals surface area contributed by atoms with Gasteiger partial charge in [-0.05, 0) is 44.9 Å². The normalized spacial score (nSPS) is 11.7. The van der Waals surface area contributed by atoms with Crippen molar-refractivity contribution in [2.75, 3.05) is 0 Å². The number of hydrogen-bond donors (Lipinski definition) is 1. The number of carbonyl (C=O) groups is 1. The molecule has 0 aliphatic carbocycles. The van der Waals surface area contributed by atoms with Gasteiger partial charge >= 0.3 is 5.97 Å². The van der Waals surface area contributed by atoms with Crippen LogP contribution in [0.3, 0.4) is 0 Å². The first-order chi connectivity index (χ1) is 12.4. The van der Waals surface area contributed by atoms with Gasteiger partial charge in [0, 0.05) is 23.2 Å². The van der Waals surface area contributed by atoms with Crippen LogP contribution in [0.1, 0.15) is 32.9 Å². The smallest absolute Gasteiger partial charge is 0.347 e. The molecule has 0 radical (unpaired) electrons. The number of nitrogens with zero attached hydrogens (tertiary/aromatic N) is 1. The Bertz CT molecular complexity index is 939. The van der Waals surface area contributed by atoms with Crippen molar-refractivity contribution < 1.29 is 14.6 Å². The van der Waals surface area contributed by atoms with E-state index in [0.717, 1.165) is 40.7 Å². The average molecular weight is 351 g/mol. The van der Waals surface area contributed by atoms with Gasteiger partial charge in [-0.25, -0.2) is 4.79 Å². The Hall–Kier alpha value is -2.75. The van der Waals surface area contributed by atoms with E-state index in [1.165, 1.54) is 0 Å². The van der Waals surface area contributed by atoms with Gasteiger partial charge in [0.25, 0.3) is 0 Å². The molecular weight excluding hydrogens is 326 g/mol. The maximum atomic E-state index is 11.6. The third-order valence-electron chi connectivity index (χ3n) is 4.70. The Morgan fingerprint density at radius 1 is 1.12 bits per heavy atom. The molecule has 136 valence electrons. The topological polar surface area (TPSA) is 51.5 Å². The van der Waals surface area contributed by atoms with E-state index in [0.29, 0.717) is 5.75 Å². The van der Waals surface area contributed by atoms with Crippen LogP contribution in [0, 0.1) is 6.92 Å². The van der Waals surface area contributed by atoms with E-state index in [1.807, 2.05) is 30.3 Å². The van der Waals surface area contributed by atoms with Gasteiger partial charge < -0.3 is 14.4 Å². The highest BCUT2D eigenvalue weighted by molar-refractivity contribution is 6.02. The van der Waals surface area contributed by atoms with E-state index in [-0.39, 0.29) is 0 Å². The largest absolute Gasteiger partial charge is 0.478 e. The number of ether oxygens (including phenoxy) is 1.